The van der Waals surface area contributed by atoms with Crippen LogP contribution in [0.4, 0.5) is 0 Å². The maximum Gasteiger partial charge on any atom is 0.240 e. The van der Waals surface area contributed by atoms with Crippen molar-refractivity contribution < 1.29 is 4.79 Å². The summed E-state index contributed by atoms with van der Waals surface area (Å²) in [6.07, 6.45) is 13.3. The smallest absolute Gasteiger partial charge is 0.240 e. The van der Waals surface area contributed by atoms with Gasteiger partial charge in [0, 0.05) is 6.42 Å². The van der Waals surface area contributed by atoms with Crippen LogP contribution in [0.3, 0.4) is 0 Å². The summed E-state index contributed by atoms with van der Waals surface area (Å²) >= 11 is 11.8. The number of rotatable bonds is 12. The Bertz CT molecular complexity index is 518. The Morgan fingerprint density at radius 2 is 1.62 bits per heavy atom. The number of carbonyl (C=O) groups excluding carboxylic acids is 1. The first-order valence-electron chi connectivity index (χ1n) is 8.90. The molecule has 0 radical (unpaired) electrons. The summed E-state index contributed by atoms with van der Waals surface area (Å²) < 4.78 is 0. The second-order valence-electron chi connectivity index (χ2n) is 6.05. The second kappa shape index (κ2) is 13.3. The summed E-state index contributed by atoms with van der Waals surface area (Å²) in [4.78, 5) is 11.7. The summed E-state index contributed by atoms with van der Waals surface area (Å²) in [5, 5.41) is 4.92. The largest absolute Gasteiger partial charge is 0.273 e. The van der Waals surface area contributed by atoms with Gasteiger partial charge in [-0.1, -0.05) is 87.6 Å². The summed E-state index contributed by atoms with van der Waals surface area (Å²) in [7, 11) is 0. The van der Waals surface area contributed by atoms with Gasteiger partial charge in [0.05, 0.1) is 16.3 Å². The number of amides is 1. The van der Waals surface area contributed by atoms with Crippen LogP contribution in [-0.2, 0) is 4.79 Å². The SMILES string of the molecule is CCCCCCCCCCCC(=O)NN=Cc1ccc(Cl)c(Cl)c1. The van der Waals surface area contributed by atoms with Crippen LogP contribution in [0.1, 0.15) is 76.7 Å². The van der Waals surface area contributed by atoms with Crippen molar-refractivity contribution >= 4 is 35.3 Å². The molecule has 0 aromatic heterocycles. The number of hydrogen-bond acceptors (Lipinski definition) is 2. The average molecular weight is 371 g/mol. The van der Waals surface area contributed by atoms with Crippen molar-refractivity contribution in [2.75, 3.05) is 0 Å². The predicted molar refractivity (Wildman–Crippen MR) is 104 cm³/mol. The number of carbonyl (C=O) groups is 1. The van der Waals surface area contributed by atoms with E-state index in [-0.39, 0.29) is 5.91 Å². The molecular weight excluding hydrogens is 343 g/mol. The molecule has 0 heterocycles. The van der Waals surface area contributed by atoms with Crippen LogP contribution in [-0.4, -0.2) is 12.1 Å². The van der Waals surface area contributed by atoms with Crippen molar-refractivity contribution in [1.82, 2.24) is 5.43 Å². The molecule has 1 amide bonds. The fraction of sp³-hybridized carbons (Fsp3) is 0.579. The number of benzene rings is 1. The molecule has 0 aliphatic rings. The normalized spacial score (nSPS) is 11.1. The van der Waals surface area contributed by atoms with Gasteiger partial charge in [-0.2, -0.15) is 5.10 Å². The van der Waals surface area contributed by atoms with Gasteiger partial charge < -0.3 is 0 Å². The highest BCUT2D eigenvalue weighted by atomic mass is 35.5. The fourth-order valence-corrected chi connectivity index (χ4v) is 2.73. The highest BCUT2D eigenvalue weighted by Gasteiger charge is 2.00. The van der Waals surface area contributed by atoms with Crippen molar-refractivity contribution in [3.63, 3.8) is 0 Å². The summed E-state index contributed by atoms with van der Waals surface area (Å²) in [5.74, 6) is -0.0470. The van der Waals surface area contributed by atoms with Crippen LogP contribution >= 0.6 is 23.2 Å². The third kappa shape index (κ3) is 9.94. The molecule has 0 spiro atoms. The maximum absolute atomic E-state index is 11.7. The van der Waals surface area contributed by atoms with Crippen molar-refractivity contribution in [3.05, 3.63) is 33.8 Å². The Morgan fingerprint density at radius 3 is 2.25 bits per heavy atom. The molecule has 0 fully saturated rings. The summed E-state index contributed by atoms with van der Waals surface area (Å²) in [5.41, 5.74) is 3.34. The minimum atomic E-state index is -0.0470. The number of hydrazone groups is 1. The van der Waals surface area contributed by atoms with E-state index < -0.39 is 0 Å². The fourth-order valence-electron chi connectivity index (χ4n) is 2.42. The molecule has 0 aliphatic heterocycles. The van der Waals surface area contributed by atoms with Crippen LogP contribution in [0.15, 0.2) is 23.3 Å². The zero-order chi connectivity index (χ0) is 17.6. The van der Waals surface area contributed by atoms with E-state index in [2.05, 4.69) is 17.5 Å². The van der Waals surface area contributed by atoms with Crippen molar-refractivity contribution in [2.24, 2.45) is 5.10 Å². The topological polar surface area (TPSA) is 41.5 Å². The Kier molecular flexibility index (Phi) is 11.6. The van der Waals surface area contributed by atoms with Crippen LogP contribution in [0.5, 0.6) is 0 Å². The number of nitrogens with zero attached hydrogens (tertiary/aromatic N) is 1. The molecule has 0 unspecified atom stereocenters. The molecule has 1 N–H and O–H groups in total. The zero-order valence-corrected chi connectivity index (χ0v) is 16.0. The molecule has 1 aromatic carbocycles. The number of unbranched alkanes of at least 4 members (excludes halogenated alkanes) is 8. The van der Waals surface area contributed by atoms with E-state index in [0.717, 1.165) is 18.4 Å². The molecule has 1 aromatic rings. The van der Waals surface area contributed by atoms with Crippen LogP contribution in [0, 0.1) is 0 Å². The minimum absolute atomic E-state index is 0.0470. The zero-order valence-electron chi connectivity index (χ0n) is 14.5. The van der Waals surface area contributed by atoms with E-state index in [0.29, 0.717) is 16.5 Å². The first-order valence-corrected chi connectivity index (χ1v) is 9.66. The third-order valence-electron chi connectivity index (χ3n) is 3.85. The molecule has 0 saturated heterocycles. The quantitative estimate of drug-likeness (QED) is 0.259. The molecule has 5 heteroatoms. The lowest BCUT2D eigenvalue weighted by atomic mass is 10.1. The molecule has 134 valence electrons. The van der Waals surface area contributed by atoms with Gasteiger partial charge >= 0.3 is 0 Å². The van der Waals surface area contributed by atoms with Gasteiger partial charge in [-0.25, -0.2) is 5.43 Å². The lowest BCUT2D eigenvalue weighted by Crippen LogP contribution is -2.16. The first kappa shape index (κ1) is 21.0. The van der Waals surface area contributed by atoms with Gasteiger partial charge in [0.25, 0.3) is 0 Å². The molecule has 24 heavy (non-hydrogen) atoms. The molecule has 1 rings (SSSR count). The molecule has 0 bridgehead atoms. The van der Waals surface area contributed by atoms with E-state index in [1.54, 1.807) is 24.4 Å². The molecular formula is C19H28Cl2N2O. The van der Waals surface area contributed by atoms with E-state index >= 15 is 0 Å². The van der Waals surface area contributed by atoms with Gasteiger partial charge in [0.15, 0.2) is 0 Å². The minimum Gasteiger partial charge on any atom is -0.273 e. The highest BCUT2D eigenvalue weighted by molar-refractivity contribution is 6.42. The Balaban J connectivity index is 2.05. The number of halogens is 2. The number of hydrogen-bond donors (Lipinski definition) is 1. The standard InChI is InChI=1S/C19H28Cl2N2O/c1-2-3-4-5-6-7-8-9-10-11-19(24)23-22-15-16-12-13-17(20)18(21)14-16/h12-15H,2-11H2,1H3,(H,23,24). The molecule has 0 aliphatic carbocycles. The van der Waals surface area contributed by atoms with E-state index in [1.807, 2.05) is 0 Å². The second-order valence-corrected chi connectivity index (χ2v) is 6.86. The van der Waals surface area contributed by atoms with Gasteiger partial charge in [-0.15, -0.1) is 0 Å². The van der Waals surface area contributed by atoms with Crippen LogP contribution in [0.25, 0.3) is 0 Å². The summed E-state index contributed by atoms with van der Waals surface area (Å²) in [6, 6.07) is 5.21. The highest BCUT2D eigenvalue weighted by Crippen LogP contribution is 2.21. The van der Waals surface area contributed by atoms with Gasteiger partial charge in [0.1, 0.15) is 0 Å². The van der Waals surface area contributed by atoms with Gasteiger partial charge in [-0.05, 0) is 24.1 Å². The van der Waals surface area contributed by atoms with Gasteiger partial charge in [-0.3, -0.25) is 4.79 Å². The number of nitrogens with one attached hydrogen (secondary N) is 1. The van der Waals surface area contributed by atoms with E-state index in [9.17, 15) is 4.79 Å². The Morgan fingerprint density at radius 1 is 1.00 bits per heavy atom. The maximum atomic E-state index is 11.7. The lowest BCUT2D eigenvalue weighted by molar-refractivity contribution is -0.121. The molecule has 0 saturated carbocycles. The average Bonchev–Trinajstić information content (AvgIpc) is 2.56. The Labute approximate surface area is 155 Å². The van der Waals surface area contributed by atoms with E-state index in [1.165, 1.54) is 44.9 Å². The monoisotopic (exact) mass is 370 g/mol. The van der Waals surface area contributed by atoms with Gasteiger partial charge in [0.2, 0.25) is 5.91 Å². The van der Waals surface area contributed by atoms with Crippen LogP contribution in [0.2, 0.25) is 10.0 Å². The summed E-state index contributed by atoms with van der Waals surface area (Å²) in [6.45, 7) is 2.24. The van der Waals surface area contributed by atoms with Crippen LogP contribution < -0.4 is 5.43 Å². The van der Waals surface area contributed by atoms with Crippen molar-refractivity contribution in [2.45, 2.75) is 71.1 Å². The lowest BCUT2D eigenvalue weighted by Gasteiger charge is -2.02. The Hall–Kier alpha value is -1.06. The van der Waals surface area contributed by atoms with E-state index in [4.69, 9.17) is 23.2 Å². The van der Waals surface area contributed by atoms with Crippen molar-refractivity contribution in [3.8, 4) is 0 Å². The molecule has 0 atom stereocenters. The third-order valence-corrected chi connectivity index (χ3v) is 4.59. The first-order chi connectivity index (χ1) is 11.6. The predicted octanol–water partition coefficient (Wildman–Crippen LogP) is 6.36. The molecule has 3 nitrogen and oxygen atoms in total. The van der Waals surface area contributed by atoms with Crippen molar-refractivity contribution in [1.29, 1.82) is 0 Å².